The van der Waals surface area contributed by atoms with Crippen LogP contribution in [0.2, 0.25) is 0 Å². The molecule has 2 rings (SSSR count). The van der Waals surface area contributed by atoms with Crippen LogP contribution in [0.25, 0.3) is 0 Å². The molecule has 0 saturated carbocycles. The van der Waals surface area contributed by atoms with Crippen molar-refractivity contribution in [2.24, 2.45) is 9.98 Å². The van der Waals surface area contributed by atoms with Gasteiger partial charge in [0.25, 0.3) is 0 Å². The summed E-state index contributed by atoms with van der Waals surface area (Å²) in [5.41, 5.74) is 1.72. The summed E-state index contributed by atoms with van der Waals surface area (Å²) in [5.74, 6) is 0. The smallest absolute Gasteiger partial charge is 0.100 e. The highest BCUT2D eigenvalue weighted by Gasteiger charge is 1.83. The van der Waals surface area contributed by atoms with E-state index in [-0.39, 0.29) is 0 Å². The van der Waals surface area contributed by atoms with Gasteiger partial charge in [-0.05, 0) is 24.3 Å². The van der Waals surface area contributed by atoms with Gasteiger partial charge in [0.15, 0.2) is 0 Å². The Morgan fingerprint density at radius 2 is 0.947 bits per heavy atom. The van der Waals surface area contributed by atoms with Crippen molar-refractivity contribution in [3.8, 4) is 0 Å². The fourth-order valence-electron chi connectivity index (χ4n) is 1.15. The summed E-state index contributed by atoms with van der Waals surface area (Å²) in [5, 5.41) is 0. The van der Waals surface area contributed by atoms with E-state index in [0.29, 0.717) is 0 Å². The van der Waals surface area contributed by atoms with Crippen LogP contribution in [0.1, 0.15) is 0 Å². The quantitative estimate of drug-likeness (QED) is 0.514. The van der Waals surface area contributed by atoms with Crippen LogP contribution in [-0.4, -0.2) is 18.8 Å². The first-order chi connectivity index (χ1) is 9.45. The SMILES string of the molecule is C(=Nc1ccccc1)=Nc1ccccc1.CCl.CCl. The molecule has 2 nitrogen and oxygen atoms in total. The molecule has 0 radical (unpaired) electrons. The Bertz CT molecular complexity index is 435. The lowest BCUT2D eigenvalue weighted by atomic mass is 10.3. The van der Waals surface area contributed by atoms with E-state index in [0.717, 1.165) is 11.4 Å². The highest BCUT2D eigenvalue weighted by atomic mass is 35.5. The molecule has 0 spiro atoms. The van der Waals surface area contributed by atoms with E-state index in [2.05, 4.69) is 39.2 Å². The number of hydrogen-bond acceptors (Lipinski definition) is 2. The summed E-state index contributed by atoms with van der Waals surface area (Å²) in [6.45, 7) is 0. The highest BCUT2D eigenvalue weighted by molar-refractivity contribution is 6.15. The zero-order valence-electron chi connectivity index (χ0n) is 10.9. The predicted octanol–water partition coefficient (Wildman–Crippen LogP) is 5.53. The van der Waals surface area contributed by atoms with Crippen molar-refractivity contribution in [1.29, 1.82) is 0 Å². The molecule has 0 fully saturated rings. The number of nitrogens with zero attached hydrogens (tertiary/aromatic N) is 2. The Morgan fingerprint density at radius 1 is 0.632 bits per heavy atom. The van der Waals surface area contributed by atoms with Crippen LogP contribution in [0.3, 0.4) is 0 Å². The topological polar surface area (TPSA) is 24.7 Å². The number of aliphatic imine (C=N–C) groups is 2. The molecule has 0 unspecified atom stereocenters. The molecule has 0 heterocycles. The van der Waals surface area contributed by atoms with E-state index >= 15 is 0 Å². The minimum absolute atomic E-state index is 0.859. The number of benzene rings is 2. The summed E-state index contributed by atoms with van der Waals surface area (Å²) in [6.07, 6.45) is 2.94. The Labute approximate surface area is 124 Å². The fraction of sp³-hybridized carbons (Fsp3) is 0.133. The first kappa shape index (κ1) is 17.4. The van der Waals surface area contributed by atoms with Crippen LogP contribution in [0.5, 0.6) is 0 Å². The molecule has 4 heteroatoms. The Morgan fingerprint density at radius 3 is 1.26 bits per heavy atom. The largest absolute Gasteiger partial charge is 0.188 e. The summed E-state index contributed by atoms with van der Waals surface area (Å²) in [6, 6.07) is 21.9. The summed E-state index contributed by atoms with van der Waals surface area (Å²) in [7, 11) is 0. The molecule has 0 saturated heterocycles. The van der Waals surface area contributed by atoms with Gasteiger partial charge in [-0.3, -0.25) is 0 Å². The summed E-state index contributed by atoms with van der Waals surface area (Å²) < 4.78 is 0. The zero-order chi connectivity index (χ0) is 14.3. The minimum atomic E-state index is 0.859. The molecular formula is C15H16Cl2N2. The standard InChI is InChI=1S/C13H10N2.2CH3Cl/c1-3-7-12(8-4-1)14-11-15-13-9-5-2-6-10-13;2*1-2/h1-10H;2*1H3. The number of alkyl halides is 2. The van der Waals surface area contributed by atoms with Gasteiger partial charge in [0.2, 0.25) is 0 Å². The molecule has 0 aliphatic carbocycles. The zero-order valence-corrected chi connectivity index (χ0v) is 12.4. The average Bonchev–Trinajstić information content (AvgIpc) is 2.53. The lowest BCUT2D eigenvalue weighted by molar-refractivity contribution is 1.49. The predicted molar refractivity (Wildman–Crippen MR) is 85.6 cm³/mol. The van der Waals surface area contributed by atoms with Gasteiger partial charge in [-0.1, -0.05) is 36.4 Å². The van der Waals surface area contributed by atoms with E-state index < -0.39 is 0 Å². The lowest BCUT2D eigenvalue weighted by Crippen LogP contribution is -1.63. The Kier molecular flexibility index (Phi) is 11.8. The van der Waals surface area contributed by atoms with Gasteiger partial charge in [0.05, 0.1) is 11.4 Å². The maximum atomic E-state index is 4.64. The minimum Gasteiger partial charge on any atom is -0.188 e. The van der Waals surface area contributed by atoms with Crippen molar-refractivity contribution >= 4 is 40.6 Å². The molecule has 0 aromatic heterocycles. The maximum absolute atomic E-state index is 4.64. The molecule has 0 amide bonds. The van der Waals surface area contributed by atoms with Gasteiger partial charge in [0.1, 0.15) is 6.01 Å². The highest BCUT2D eigenvalue weighted by Crippen LogP contribution is 2.10. The van der Waals surface area contributed by atoms with Gasteiger partial charge in [0, 0.05) is 12.8 Å². The van der Waals surface area contributed by atoms with Crippen LogP contribution in [0.4, 0.5) is 11.4 Å². The van der Waals surface area contributed by atoms with Crippen molar-refractivity contribution < 1.29 is 0 Å². The lowest BCUT2D eigenvalue weighted by Gasteiger charge is -1.87. The Balaban J connectivity index is 0.000000741. The second kappa shape index (κ2) is 12.8. The molecule has 2 aromatic carbocycles. The van der Waals surface area contributed by atoms with Crippen molar-refractivity contribution in [2.75, 3.05) is 12.8 Å². The van der Waals surface area contributed by atoms with Gasteiger partial charge >= 0.3 is 0 Å². The molecule has 2 aromatic rings. The average molecular weight is 295 g/mol. The third kappa shape index (κ3) is 8.17. The van der Waals surface area contributed by atoms with Gasteiger partial charge in [-0.25, -0.2) is 0 Å². The molecule has 100 valence electrons. The van der Waals surface area contributed by atoms with Crippen LogP contribution in [-0.2, 0) is 0 Å². The third-order valence-corrected chi connectivity index (χ3v) is 1.87. The summed E-state index contributed by atoms with van der Waals surface area (Å²) in [4.78, 5) is 8.17. The molecule has 0 aliphatic heterocycles. The third-order valence-electron chi connectivity index (χ3n) is 1.87. The molecule has 0 bridgehead atoms. The van der Waals surface area contributed by atoms with Crippen molar-refractivity contribution in [3.05, 3.63) is 60.7 Å². The second-order valence-electron chi connectivity index (χ2n) is 2.99. The van der Waals surface area contributed by atoms with Crippen molar-refractivity contribution in [2.45, 2.75) is 0 Å². The Hall–Kier alpha value is -1.60. The van der Waals surface area contributed by atoms with Crippen LogP contribution in [0.15, 0.2) is 70.6 Å². The second-order valence-corrected chi connectivity index (χ2v) is 2.99. The van der Waals surface area contributed by atoms with E-state index in [1.54, 1.807) is 0 Å². The number of halogens is 2. The number of hydrogen-bond donors (Lipinski definition) is 0. The van der Waals surface area contributed by atoms with E-state index in [1.165, 1.54) is 12.8 Å². The van der Waals surface area contributed by atoms with E-state index in [9.17, 15) is 0 Å². The summed E-state index contributed by atoms with van der Waals surface area (Å²) >= 11 is 9.28. The molecule has 0 N–H and O–H groups in total. The van der Waals surface area contributed by atoms with E-state index in [4.69, 9.17) is 0 Å². The maximum Gasteiger partial charge on any atom is 0.100 e. The van der Waals surface area contributed by atoms with Crippen molar-refractivity contribution in [1.82, 2.24) is 0 Å². The number of rotatable bonds is 2. The normalized spacial score (nSPS) is 7.79. The first-order valence-corrected chi connectivity index (χ1v) is 6.98. The monoisotopic (exact) mass is 294 g/mol. The fourth-order valence-corrected chi connectivity index (χ4v) is 1.15. The molecule has 19 heavy (non-hydrogen) atoms. The van der Waals surface area contributed by atoms with Crippen LogP contribution >= 0.6 is 23.2 Å². The van der Waals surface area contributed by atoms with Crippen molar-refractivity contribution in [3.63, 3.8) is 0 Å². The van der Waals surface area contributed by atoms with Gasteiger partial charge < -0.3 is 0 Å². The molecular weight excluding hydrogens is 279 g/mol. The van der Waals surface area contributed by atoms with Gasteiger partial charge in [-0.15, -0.1) is 23.2 Å². The first-order valence-electron chi connectivity index (χ1n) is 5.47. The molecule has 0 aliphatic rings. The van der Waals surface area contributed by atoms with E-state index in [1.807, 2.05) is 60.7 Å². The van der Waals surface area contributed by atoms with Crippen LogP contribution < -0.4 is 0 Å². The molecule has 0 atom stereocenters. The number of para-hydroxylation sites is 2. The van der Waals surface area contributed by atoms with Gasteiger partial charge in [-0.2, -0.15) is 9.98 Å². The van der Waals surface area contributed by atoms with Crippen LogP contribution in [0, 0.1) is 0 Å².